The third kappa shape index (κ3) is 7.11. The first-order valence-electron chi connectivity index (χ1n) is 11.2. The van der Waals surface area contributed by atoms with E-state index >= 15 is 0 Å². The molecule has 9 heteroatoms. The molecule has 0 bridgehead atoms. The van der Waals surface area contributed by atoms with Gasteiger partial charge in [-0.1, -0.05) is 36.6 Å². The summed E-state index contributed by atoms with van der Waals surface area (Å²) in [5.41, 5.74) is 7.21. The quantitative estimate of drug-likeness (QED) is 0.397. The Morgan fingerprint density at radius 3 is 2.26 bits per heavy atom. The molecule has 4 rings (SSSR count). The molecule has 1 aromatic heterocycles. The zero-order valence-corrected chi connectivity index (χ0v) is 20.0. The Labute approximate surface area is 207 Å². The number of aryl methyl sites for hydroxylation is 1. The highest BCUT2D eigenvalue weighted by atomic mass is 35.5. The average Bonchev–Trinajstić information content (AvgIpc) is 3.09. The van der Waals surface area contributed by atoms with Crippen LogP contribution >= 0.6 is 11.6 Å². The molecular formula is C26H27ClF3N3O2. The first kappa shape index (κ1) is 26.3. The number of hydrogen-bond acceptors (Lipinski definition) is 4. The standard InChI is InChI=1S/C15H10ClF3O2.C11H17N3/c1-8-2-3-10(14(20)21)6-11(8)9-4-5-12(13(16)7-9)15(17,18)19;12-10-5-6-11(13-9-10)14-7-3-1-2-4-8-14/h2-7H,1H3,(H,20,21);5-6,9H,1-4,7-8,12H2. The third-order valence-electron chi connectivity index (χ3n) is 5.77. The second kappa shape index (κ2) is 11.4. The summed E-state index contributed by atoms with van der Waals surface area (Å²) >= 11 is 5.68. The van der Waals surface area contributed by atoms with Gasteiger partial charge in [-0.2, -0.15) is 13.2 Å². The number of halogens is 4. The minimum Gasteiger partial charge on any atom is -0.478 e. The monoisotopic (exact) mass is 505 g/mol. The Kier molecular flexibility index (Phi) is 8.62. The highest BCUT2D eigenvalue weighted by Crippen LogP contribution is 2.37. The molecule has 3 aromatic rings. The van der Waals surface area contributed by atoms with Crippen molar-refractivity contribution in [3.63, 3.8) is 0 Å². The molecule has 3 N–H and O–H groups in total. The van der Waals surface area contributed by atoms with Gasteiger partial charge in [0, 0.05) is 13.1 Å². The topological polar surface area (TPSA) is 79.4 Å². The maximum absolute atomic E-state index is 12.7. The lowest BCUT2D eigenvalue weighted by molar-refractivity contribution is -0.137. The number of aromatic carboxylic acids is 1. The molecule has 1 fully saturated rings. The molecule has 2 aromatic carbocycles. The lowest BCUT2D eigenvalue weighted by Crippen LogP contribution is -2.24. The lowest BCUT2D eigenvalue weighted by atomic mass is 9.97. The first-order chi connectivity index (χ1) is 16.6. The number of rotatable bonds is 3. The number of hydrogen-bond donors (Lipinski definition) is 2. The van der Waals surface area contributed by atoms with Gasteiger partial charge in [0.25, 0.3) is 0 Å². The van der Waals surface area contributed by atoms with Crippen molar-refractivity contribution in [1.29, 1.82) is 0 Å². The van der Waals surface area contributed by atoms with Gasteiger partial charge in [0.05, 0.1) is 28.0 Å². The van der Waals surface area contributed by atoms with E-state index in [2.05, 4.69) is 9.88 Å². The van der Waals surface area contributed by atoms with Gasteiger partial charge in [-0.15, -0.1) is 0 Å². The largest absolute Gasteiger partial charge is 0.478 e. The van der Waals surface area contributed by atoms with Gasteiger partial charge in [-0.25, -0.2) is 9.78 Å². The molecule has 1 aliphatic heterocycles. The lowest BCUT2D eigenvalue weighted by Gasteiger charge is -2.21. The molecule has 2 heterocycles. The molecular weight excluding hydrogens is 479 g/mol. The fourth-order valence-electron chi connectivity index (χ4n) is 3.86. The molecule has 0 saturated carbocycles. The summed E-state index contributed by atoms with van der Waals surface area (Å²) in [6.45, 7) is 4.01. The summed E-state index contributed by atoms with van der Waals surface area (Å²) < 4.78 is 38.0. The minimum atomic E-state index is -4.52. The number of alkyl halides is 3. The number of nitrogens with zero attached hydrogens (tertiary/aromatic N) is 2. The minimum absolute atomic E-state index is 0.0617. The smallest absolute Gasteiger partial charge is 0.417 e. The van der Waals surface area contributed by atoms with Crippen LogP contribution in [0.5, 0.6) is 0 Å². The highest BCUT2D eigenvalue weighted by Gasteiger charge is 2.33. The van der Waals surface area contributed by atoms with Crippen molar-refractivity contribution < 1.29 is 23.1 Å². The molecule has 35 heavy (non-hydrogen) atoms. The van der Waals surface area contributed by atoms with E-state index in [0.717, 1.165) is 36.2 Å². The number of aromatic nitrogens is 1. The molecule has 0 amide bonds. The van der Waals surface area contributed by atoms with Crippen LogP contribution in [0.4, 0.5) is 24.7 Å². The van der Waals surface area contributed by atoms with Crippen LogP contribution in [0.15, 0.2) is 54.7 Å². The number of nitrogens with two attached hydrogens (primary N) is 1. The van der Waals surface area contributed by atoms with E-state index in [1.54, 1.807) is 19.2 Å². The number of carboxylic acids is 1. The molecule has 1 aliphatic rings. The maximum atomic E-state index is 12.7. The Balaban J connectivity index is 0.000000211. The predicted octanol–water partition coefficient (Wildman–Crippen LogP) is 7.08. The van der Waals surface area contributed by atoms with Gasteiger partial charge in [0.2, 0.25) is 0 Å². The molecule has 0 spiro atoms. The van der Waals surface area contributed by atoms with Crippen molar-refractivity contribution in [2.75, 3.05) is 23.7 Å². The second-order valence-electron chi connectivity index (χ2n) is 8.38. The van der Waals surface area contributed by atoms with Gasteiger partial charge in [0.1, 0.15) is 5.82 Å². The van der Waals surface area contributed by atoms with Crippen LogP contribution in [0.25, 0.3) is 11.1 Å². The molecule has 1 saturated heterocycles. The van der Waals surface area contributed by atoms with Crippen molar-refractivity contribution in [2.45, 2.75) is 38.8 Å². The van der Waals surface area contributed by atoms with Crippen molar-refractivity contribution in [2.24, 2.45) is 0 Å². The molecule has 0 unspecified atom stereocenters. The average molecular weight is 506 g/mol. The predicted molar refractivity (Wildman–Crippen MR) is 133 cm³/mol. The van der Waals surface area contributed by atoms with Crippen molar-refractivity contribution >= 4 is 29.1 Å². The van der Waals surface area contributed by atoms with E-state index in [1.807, 2.05) is 12.1 Å². The van der Waals surface area contributed by atoms with Gasteiger partial charge >= 0.3 is 12.1 Å². The summed E-state index contributed by atoms with van der Waals surface area (Å²) in [6.07, 6.45) is 2.49. The van der Waals surface area contributed by atoms with Crippen molar-refractivity contribution in [3.8, 4) is 11.1 Å². The van der Waals surface area contributed by atoms with Gasteiger partial charge in [-0.3, -0.25) is 0 Å². The SMILES string of the molecule is Cc1ccc(C(=O)O)cc1-c1ccc(C(F)(F)F)c(Cl)c1.Nc1ccc(N2CCCCCC2)nc1. The summed E-state index contributed by atoms with van der Waals surface area (Å²) in [5, 5.41) is 8.56. The summed E-state index contributed by atoms with van der Waals surface area (Å²) in [5.74, 6) is -0.0321. The van der Waals surface area contributed by atoms with Gasteiger partial charge < -0.3 is 15.7 Å². The van der Waals surface area contributed by atoms with Gasteiger partial charge in [0.15, 0.2) is 0 Å². The number of nitrogen functional groups attached to an aromatic ring is 1. The van der Waals surface area contributed by atoms with Crippen LogP contribution in [0, 0.1) is 6.92 Å². The Bertz CT molecular complexity index is 1160. The number of benzene rings is 2. The fraction of sp³-hybridized carbons (Fsp3) is 0.308. The van der Waals surface area contributed by atoms with E-state index in [1.165, 1.54) is 49.9 Å². The number of carboxylic acid groups (broad SMARTS) is 1. The Morgan fingerprint density at radius 1 is 1.03 bits per heavy atom. The van der Waals surface area contributed by atoms with Crippen LogP contribution in [0.1, 0.15) is 47.2 Å². The summed E-state index contributed by atoms with van der Waals surface area (Å²) in [4.78, 5) is 17.7. The van der Waals surface area contributed by atoms with Gasteiger partial charge in [-0.05, 0) is 72.9 Å². The molecule has 0 aliphatic carbocycles. The number of carbonyl (C=O) groups is 1. The molecule has 0 atom stereocenters. The zero-order valence-electron chi connectivity index (χ0n) is 19.3. The zero-order chi connectivity index (χ0) is 25.6. The van der Waals surface area contributed by atoms with E-state index in [9.17, 15) is 18.0 Å². The van der Waals surface area contributed by atoms with E-state index in [4.69, 9.17) is 22.4 Å². The molecule has 0 radical (unpaired) electrons. The molecule has 186 valence electrons. The van der Waals surface area contributed by atoms with E-state index in [0.29, 0.717) is 11.1 Å². The number of anilines is 2. The van der Waals surface area contributed by atoms with Crippen LogP contribution in [-0.2, 0) is 6.18 Å². The second-order valence-corrected chi connectivity index (χ2v) is 8.79. The van der Waals surface area contributed by atoms with E-state index < -0.39 is 22.7 Å². The normalized spacial score (nSPS) is 14.0. The fourth-order valence-corrected chi connectivity index (χ4v) is 4.15. The summed E-state index contributed by atoms with van der Waals surface area (Å²) in [7, 11) is 0. The Morgan fingerprint density at radius 2 is 1.71 bits per heavy atom. The first-order valence-corrected chi connectivity index (χ1v) is 11.6. The van der Waals surface area contributed by atoms with Crippen LogP contribution in [0.3, 0.4) is 0 Å². The highest BCUT2D eigenvalue weighted by molar-refractivity contribution is 6.31. The summed E-state index contributed by atoms with van der Waals surface area (Å²) in [6, 6.07) is 11.8. The third-order valence-corrected chi connectivity index (χ3v) is 6.08. The van der Waals surface area contributed by atoms with Crippen LogP contribution in [-0.4, -0.2) is 29.1 Å². The van der Waals surface area contributed by atoms with Crippen LogP contribution < -0.4 is 10.6 Å². The Hall–Kier alpha value is -3.26. The van der Waals surface area contributed by atoms with Crippen molar-refractivity contribution in [3.05, 3.63) is 76.4 Å². The number of pyridine rings is 1. The maximum Gasteiger partial charge on any atom is 0.417 e. The van der Waals surface area contributed by atoms with Crippen LogP contribution in [0.2, 0.25) is 5.02 Å². The molecule has 5 nitrogen and oxygen atoms in total. The van der Waals surface area contributed by atoms with E-state index in [-0.39, 0.29) is 5.56 Å². The van der Waals surface area contributed by atoms with Crippen molar-refractivity contribution in [1.82, 2.24) is 4.98 Å².